The number of ether oxygens (including phenoxy) is 1. The largest absolute Gasteiger partial charge is 0.486 e. The van der Waals surface area contributed by atoms with Gasteiger partial charge in [-0.1, -0.05) is 55.0 Å². The Labute approximate surface area is 297 Å². The number of benzene rings is 4. The third-order valence-corrected chi connectivity index (χ3v) is 9.30. The summed E-state index contributed by atoms with van der Waals surface area (Å²) in [5, 5.41) is 12.8. The van der Waals surface area contributed by atoms with Crippen LogP contribution in [0.4, 0.5) is 30.2 Å². The van der Waals surface area contributed by atoms with E-state index in [0.717, 1.165) is 29.1 Å². The second-order valence-electron chi connectivity index (χ2n) is 13.5. The first-order valence-electron chi connectivity index (χ1n) is 17.0. The lowest BCUT2D eigenvalue weighted by atomic mass is 9.98. The van der Waals surface area contributed by atoms with Gasteiger partial charge >= 0.3 is 6.18 Å². The van der Waals surface area contributed by atoms with Crippen LogP contribution in [0.15, 0.2) is 91.0 Å². The van der Waals surface area contributed by atoms with Crippen molar-refractivity contribution in [1.29, 1.82) is 0 Å². The molecule has 1 aliphatic heterocycles. The van der Waals surface area contributed by atoms with E-state index in [4.69, 9.17) is 4.74 Å². The molecule has 0 saturated carbocycles. The van der Waals surface area contributed by atoms with Crippen LogP contribution < -0.4 is 15.0 Å². The third kappa shape index (κ3) is 9.28. The monoisotopic (exact) mass is 702 g/mol. The Morgan fingerprint density at radius 3 is 2.18 bits per heavy atom. The fourth-order valence-corrected chi connectivity index (χ4v) is 6.18. The molecule has 4 aromatic carbocycles. The van der Waals surface area contributed by atoms with Gasteiger partial charge in [0.25, 0.3) is 5.91 Å². The number of hydrogen-bond donors (Lipinski definition) is 2. The fraction of sp³-hybridized carbons (Fsp3) is 0.350. The van der Waals surface area contributed by atoms with E-state index in [9.17, 15) is 27.9 Å². The van der Waals surface area contributed by atoms with Crippen molar-refractivity contribution in [3.05, 3.63) is 119 Å². The predicted octanol–water partition coefficient (Wildman–Crippen LogP) is 7.32. The van der Waals surface area contributed by atoms with E-state index in [1.165, 1.54) is 17.7 Å². The van der Waals surface area contributed by atoms with E-state index in [0.29, 0.717) is 25.2 Å². The average molecular weight is 703 g/mol. The molecule has 0 saturated heterocycles. The van der Waals surface area contributed by atoms with Crippen molar-refractivity contribution in [3.8, 4) is 5.75 Å². The van der Waals surface area contributed by atoms with E-state index in [1.807, 2.05) is 21.0 Å². The molecule has 3 atom stereocenters. The average Bonchev–Trinajstić information content (AvgIpc) is 3.10. The molecule has 51 heavy (non-hydrogen) atoms. The number of nitrogens with zero attached hydrogens (tertiary/aromatic N) is 3. The molecule has 1 heterocycles. The topological polar surface area (TPSA) is 85.4 Å². The molecule has 0 spiro atoms. The number of aryl methyl sites for hydroxylation is 1. The Kier molecular flexibility index (Phi) is 11.7. The molecule has 8 nitrogen and oxygen atoms in total. The van der Waals surface area contributed by atoms with Crippen LogP contribution in [0.5, 0.6) is 5.75 Å². The predicted molar refractivity (Wildman–Crippen MR) is 193 cm³/mol. The van der Waals surface area contributed by atoms with Gasteiger partial charge in [0.2, 0.25) is 5.91 Å². The fourth-order valence-electron chi connectivity index (χ4n) is 6.18. The summed E-state index contributed by atoms with van der Waals surface area (Å²) in [6, 6.07) is 25.6. The van der Waals surface area contributed by atoms with Gasteiger partial charge in [-0.05, 0) is 80.6 Å². The number of carbonyl (C=O) groups is 2. The zero-order valence-electron chi connectivity index (χ0n) is 29.6. The lowest BCUT2D eigenvalue weighted by Crippen LogP contribution is -2.49. The van der Waals surface area contributed by atoms with Gasteiger partial charge in [0, 0.05) is 44.0 Å². The van der Waals surface area contributed by atoms with E-state index >= 15 is 0 Å². The van der Waals surface area contributed by atoms with Crippen LogP contribution in [0.1, 0.15) is 46.5 Å². The molecule has 0 aromatic heterocycles. The van der Waals surface area contributed by atoms with Gasteiger partial charge in [-0.2, -0.15) is 13.2 Å². The summed E-state index contributed by atoms with van der Waals surface area (Å²) in [7, 11) is 4.03. The number of rotatable bonds is 11. The first-order valence-corrected chi connectivity index (χ1v) is 17.0. The maximum atomic E-state index is 13.8. The van der Waals surface area contributed by atoms with E-state index in [-0.39, 0.29) is 41.9 Å². The highest BCUT2D eigenvalue weighted by atomic mass is 19.4. The van der Waals surface area contributed by atoms with Crippen molar-refractivity contribution in [2.24, 2.45) is 5.92 Å². The summed E-state index contributed by atoms with van der Waals surface area (Å²) >= 11 is 0. The summed E-state index contributed by atoms with van der Waals surface area (Å²) in [5.41, 5.74) is 4.62. The number of aliphatic hydroxyl groups excluding tert-OH is 1. The van der Waals surface area contributed by atoms with Crippen molar-refractivity contribution in [2.45, 2.75) is 52.1 Å². The van der Waals surface area contributed by atoms with E-state index in [1.54, 1.807) is 30.0 Å². The van der Waals surface area contributed by atoms with Crippen LogP contribution in [-0.4, -0.2) is 72.7 Å². The van der Waals surface area contributed by atoms with Crippen LogP contribution in [0, 0.1) is 12.8 Å². The number of hydrogen-bond acceptors (Lipinski definition) is 6. The van der Waals surface area contributed by atoms with Crippen molar-refractivity contribution in [2.75, 3.05) is 44.0 Å². The lowest BCUT2D eigenvalue weighted by molar-refractivity contribution is -0.137. The number of likely N-dealkylation sites (N-methyl/N-ethyl adjacent to an activating group) is 1. The van der Waals surface area contributed by atoms with Crippen molar-refractivity contribution < 1.29 is 32.6 Å². The summed E-state index contributed by atoms with van der Waals surface area (Å²) in [5.74, 6) is -0.744. The second-order valence-corrected chi connectivity index (χ2v) is 13.5. The number of alkyl halides is 3. The van der Waals surface area contributed by atoms with Crippen molar-refractivity contribution >= 4 is 28.9 Å². The molecule has 270 valence electrons. The van der Waals surface area contributed by atoms with Gasteiger partial charge in [0.15, 0.2) is 5.75 Å². The maximum absolute atomic E-state index is 13.8. The van der Waals surface area contributed by atoms with Crippen molar-refractivity contribution in [1.82, 2.24) is 9.80 Å². The van der Waals surface area contributed by atoms with Crippen LogP contribution in [0.25, 0.3) is 0 Å². The molecular weight excluding hydrogens is 657 g/mol. The number of para-hydroxylation sites is 1. The minimum absolute atomic E-state index is 0.153. The molecule has 4 aromatic rings. The number of carbonyl (C=O) groups excluding carboxylic acids is 2. The maximum Gasteiger partial charge on any atom is 0.416 e. The molecule has 0 fully saturated rings. The smallest absolute Gasteiger partial charge is 0.416 e. The van der Waals surface area contributed by atoms with Crippen LogP contribution in [0.2, 0.25) is 0 Å². The minimum atomic E-state index is -4.47. The molecule has 2 amide bonds. The van der Waals surface area contributed by atoms with Crippen molar-refractivity contribution in [3.63, 3.8) is 0 Å². The minimum Gasteiger partial charge on any atom is -0.486 e. The van der Waals surface area contributed by atoms with E-state index in [2.05, 4.69) is 70.6 Å². The number of fused-ring (bicyclic) bond motifs is 1. The third-order valence-electron chi connectivity index (χ3n) is 9.30. The van der Waals surface area contributed by atoms with Crippen LogP contribution >= 0.6 is 0 Å². The van der Waals surface area contributed by atoms with Gasteiger partial charge in [-0.25, -0.2) is 0 Å². The number of halogens is 3. The van der Waals surface area contributed by atoms with Crippen LogP contribution in [0.3, 0.4) is 0 Å². The SMILES string of the molecule is Cc1ccc(N(C)c2ccc(CN(C)C[C@H]3Oc4c(NC(=O)Cc5ccc(C(F)(F)F)cc5)cccc4C(=O)N([C@@H](C)CO)C[C@H]3C)cc2)cc1. The standard InChI is InChI=1S/C40H45F3N4O4/c1-26-9-17-32(18-10-26)46(5)33-19-13-30(14-20-33)23-45(4)24-36-27(2)22-47(28(3)25-48)39(50)34-7-6-8-35(38(34)51-36)44-37(49)21-29-11-15-31(16-12-29)40(41,42)43/h6-20,27-28,36,48H,21-25H2,1-5H3,(H,44,49)/t27-,28+,36-/m1/s1. The Morgan fingerprint density at radius 1 is 0.961 bits per heavy atom. The molecule has 1 aliphatic rings. The van der Waals surface area contributed by atoms with Crippen LogP contribution in [-0.2, 0) is 23.9 Å². The number of aliphatic hydroxyl groups is 1. The first-order chi connectivity index (χ1) is 24.2. The van der Waals surface area contributed by atoms with Gasteiger partial charge in [-0.3, -0.25) is 14.5 Å². The molecular formula is C40H45F3N4O4. The number of amides is 2. The zero-order valence-corrected chi connectivity index (χ0v) is 29.6. The Morgan fingerprint density at radius 2 is 1.57 bits per heavy atom. The lowest BCUT2D eigenvalue weighted by Gasteiger charge is -2.38. The quantitative estimate of drug-likeness (QED) is 0.171. The zero-order chi connectivity index (χ0) is 36.9. The molecule has 11 heteroatoms. The normalized spacial score (nSPS) is 16.9. The Balaban J connectivity index is 1.34. The summed E-state index contributed by atoms with van der Waals surface area (Å²) < 4.78 is 45.7. The molecule has 0 radical (unpaired) electrons. The summed E-state index contributed by atoms with van der Waals surface area (Å²) in [4.78, 5) is 32.9. The van der Waals surface area contributed by atoms with Gasteiger partial charge in [0.05, 0.1) is 35.9 Å². The van der Waals surface area contributed by atoms with E-state index < -0.39 is 29.8 Å². The summed E-state index contributed by atoms with van der Waals surface area (Å²) in [6.07, 6.45) is -5.06. The summed E-state index contributed by atoms with van der Waals surface area (Å²) in [6.45, 7) is 7.10. The highest BCUT2D eigenvalue weighted by molar-refractivity contribution is 6.02. The Bertz CT molecular complexity index is 1800. The second kappa shape index (κ2) is 16.0. The molecule has 0 bridgehead atoms. The first kappa shape index (κ1) is 37.4. The molecule has 0 unspecified atom stereocenters. The molecule has 2 N–H and O–H groups in total. The number of anilines is 3. The molecule has 0 aliphatic carbocycles. The van der Waals surface area contributed by atoms with Gasteiger partial charge < -0.3 is 25.0 Å². The highest BCUT2D eigenvalue weighted by Gasteiger charge is 2.35. The molecule has 5 rings (SSSR count). The highest BCUT2D eigenvalue weighted by Crippen LogP contribution is 2.35. The Hall–Kier alpha value is -4.87. The van der Waals surface area contributed by atoms with Gasteiger partial charge in [-0.15, -0.1) is 0 Å². The van der Waals surface area contributed by atoms with Gasteiger partial charge in [0.1, 0.15) is 6.10 Å². The number of nitrogens with one attached hydrogen (secondary N) is 1.